The molecule has 0 aliphatic carbocycles. The lowest BCUT2D eigenvalue weighted by Crippen LogP contribution is -2.28. The number of aromatic amines is 1. The molecule has 2 N–H and O–H groups in total. The molecule has 1 fully saturated rings. The summed E-state index contributed by atoms with van der Waals surface area (Å²) in [7, 11) is 0. The number of aromatic nitrogens is 3. The lowest BCUT2D eigenvalue weighted by molar-refractivity contribution is 0.0904. The molecular weight excluding hydrogens is 300 g/mol. The molecule has 1 aliphatic heterocycles. The highest BCUT2D eigenvalue weighted by Crippen LogP contribution is 2.30. The van der Waals surface area contributed by atoms with Crippen LogP contribution in [0.3, 0.4) is 0 Å². The standard InChI is InChI=1S/C19H22N4O/c1-12-9-14(3-6-20-12)19-13(2)16-11-21-18(10-17(16)23-19)22-15-4-7-24-8-5-15/h3,6,9-11,15,23H,4-5,7-8H2,1-2H3,(H,21,22). The summed E-state index contributed by atoms with van der Waals surface area (Å²) in [6, 6.07) is 6.70. The largest absolute Gasteiger partial charge is 0.381 e. The number of H-pyrrole nitrogens is 1. The Bertz CT molecular complexity index is 865. The monoisotopic (exact) mass is 322 g/mol. The number of aryl methyl sites for hydroxylation is 2. The van der Waals surface area contributed by atoms with Gasteiger partial charge in [-0.15, -0.1) is 0 Å². The van der Waals surface area contributed by atoms with Crippen LogP contribution in [0.2, 0.25) is 0 Å². The zero-order valence-corrected chi connectivity index (χ0v) is 14.1. The second-order valence-electron chi connectivity index (χ2n) is 6.46. The molecule has 3 aromatic heterocycles. The molecule has 0 aromatic carbocycles. The summed E-state index contributed by atoms with van der Waals surface area (Å²) in [6.07, 6.45) is 5.88. The van der Waals surface area contributed by atoms with E-state index in [0.717, 1.165) is 59.7 Å². The Morgan fingerprint density at radius 2 is 2.00 bits per heavy atom. The predicted octanol–water partition coefficient (Wildman–Crippen LogP) is 3.83. The van der Waals surface area contributed by atoms with Crippen LogP contribution in [0.15, 0.2) is 30.6 Å². The molecule has 0 bridgehead atoms. The number of nitrogens with zero attached hydrogens (tertiary/aromatic N) is 2. The molecule has 5 nitrogen and oxygen atoms in total. The van der Waals surface area contributed by atoms with Crippen molar-refractivity contribution >= 4 is 16.7 Å². The van der Waals surface area contributed by atoms with Crippen LogP contribution in [-0.4, -0.2) is 34.2 Å². The number of hydrogen-bond donors (Lipinski definition) is 2. The zero-order chi connectivity index (χ0) is 16.5. The third-order valence-corrected chi connectivity index (χ3v) is 4.70. The summed E-state index contributed by atoms with van der Waals surface area (Å²) >= 11 is 0. The Morgan fingerprint density at radius 3 is 2.79 bits per heavy atom. The van der Waals surface area contributed by atoms with E-state index in [4.69, 9.17) is 4.74 Å². The van der Waals surface area contributed by atoms with Crippen molar-refractivity contribution in [2.75, 3.05) is 18.5 Å². The Kier molecular flexibility index (Phi) is 3.94. The second kappa shape index (κ2) is 6.24. The summed E-state index contributed by atoms with van der Waals surface area (Å²) in [5, 5.41) is 4.69. The van der Waals surface area contributed by atoms with Gasteiger partial charge in [-0.1, -0.05) is 0 Å². The summed E-state index contributed by atoms with van der Waals surface area (Å²) in [6.45, 7) is 5.80. The molecule has 3 aromatic rings. The summed E-state index contributed by atoms with van der Waals surface area (Å²) in [5.41, 5.74) is 5.66. The van der Waals surface area contributed by atoms with E-state index in [1.54, 1.807) is 0 Å². The van der Waals surface area contributed by atoms with Crippen molar-refractivity contribution in [1.82, 2.24) is 15.0 Å². The first-order valence-electron chi connectivity index (χ1n) is 8.46. The van der Waals surface area contributed by atoms with E-state index in [-0.39, 0.29) is 0 Å². The molecule has 1 aliphatic rings. The molecule has 5 heteroatoms. The maximum Gasteiger partial charge on any atom is 0.128 e. The Hall–Kier alpha value is -2.40. The van der Waals surface area contributed by atoms with Crippen molar-refractivity contribution in [2.45, 2.75) is 32.7 Å². The number of anilines is 1. The van der Waals surface area contributed by atoms with Crippen LogP contribution in [0.25, 0.3) is 22.2 Å². The van der Waals surface area contributed by atoms with Gasteiger partial charge in [0.1, 0.15) is 5.82 Å². The molecule has 0 spiro atoms. The van der Waals surface area contributed by atoms with Gasteiger partial charge < -0.3 is 15.0 Å². The van der Waals surface area contributed by atoms with E-state index < -0.39 is 0 Å². The van der Waals surface area contributed by atoms with Crippen molar-refractivity contribution in [3.63, 3.8) is 0 Å². The summed E-state index contributed by atoms with van der Waals surface area (Å²) in [5.74, 6) is 0.924. The highest BCUT2D eigenvalue weighted by atomic mass is 16.5. The quantitative estimate of drug-likeness (QED) is 0.769. The Balaban J connectivity index is 1.67. The van der Waals surface area contributed by atoms with Crippen molar-refractivity contribution in [3.05, 3.63) is 41.9 Å². The van der Waals surface area contributed by atoms with E-state index in [0.29, 0.717) is 6.04 Å². The molecular formula is C19H22N4O. The smallest absolute Gasteiger partial charge is 0.128 e. The Labute approximate surface area is 141 Å². The zero-order valence-electron chi connectivity index (χ0n) is 14.1. The number of pyridine rings is 2. The molecule has 0 amide bonds. The van der Waals surface area contributed by atoms with Crippen molar-refractivity contribution in [1.29, 1.82) is 0 Å². The number of nitrogens with one attached hydrogen (secondary N) is 2. The van der Waals surface area contributed by atoms with Crippen molar-refractivity contribution < 1.29 is 4.74 Å². The van der Waals surface area contributed by atoms with Gasteiger partial charge >= 0.3 is 0 Å². The first kappa shape index (κ1) is 15.1. The van der Waals surface area contributed by atoms with Crippen LogP contribution >= 0.6 is 0 Å². The van der Waals surface area contributed by atoms with E-state index in [9.17, 15) is 0 Å². The highest BCUT2D eigenvalue weighted by Gasteiger charge is 2.15. The second-order valence-corrected chi connectivity index (χ2v) is 6.46. The fraction of sp³-hybridized carbons (Fsp3) is 0.368. The van der Waals surface area contributed by atoms with Gasteiger partial charge in [-0.3, -0.25) is 4.98 Å². The molecule has 0 saturated carbocycles. The lowest BCUT2D eigenvalue weighted by Gasteiger charge is -2.23. The van der Waals surface area contributed by atoms with Crippen LogP contribution in [0.5, 0.6) is 0 Å². The summed E-state index contributed by atoms with van der Waals surface area (Å²) < 4.78 is 5.41. The van der Waals surface area contributed by atoms with Gasteiger partial charge in [0.05, 0.1) is 5.52 Å². The molecule has 0 unspecified atom stereocenters. The number of ether oxygens (including phenoxy) is 1. The molecule has 0 radical (unpaired) electrons. The van der Waals surface area contributed by atoms with Gasteiger partial charge in [-0.25, -0.2) is 4.98 Å². The van der Waals surface area contributed by atoms with Gasteiger partial charge in [0.2, 0.25) is 0 Å². The highest BCUT2D eigenvalue weighted by molar-refractivity contribution is 5.91. The van der Waals surface area contributed by atoms with Gasteiger partial charge in [0, 0.05) is 60.1 Å². The molecule has 24 heavy (non-hydrogen) atoms. The maximum atomic E-state index is 5.41. The third kappa shape index (κ3) is 2.87. The van der Waals surface area contributed by atoms with Crippen LogP contribution in [-0.2, 0) is 4.74 Å². The minimum Gasteiger partial charge on any atom is -0.381 e. The van der Waals surface area contributed by atoms with Crippen LogP contribution < -0.4 is 5.32 Å². The molecule has 1 saturated heterocycles. The predicted molar refractivity (Wildman–Crippen MR) is 96.3 cm³/mol. The molecule has 0 atom stereocenters. The van der Waals surface area contributed by atoms with E-state index >= 15 is 0 Å². The fourth-order valence-corrected chi connectivity index (χ4v) is 3.34. The first-order valence-corrected chi connectivity index (χ1v) is 8.46. The molecule has 4 rings (SSSR count). The van der Waals surface area contributed by atoms with Crippen LogP contribution in [0.4, 0.5) is 5.82 Å². The average molecular weight is 322 g/mol. The number of fused-ring (bicyclic) bond motifs is 1. The number of hydrogen-bond acceptors (Lipinski definition) is 4. The maximum absolute atomic E-state index is 5.41. The fourth-order valence-electron chi connectivity index (χ4n) is 3.34. The first-order chi connectivity index (χ1) is 11.7. The summed E-state index contributed by atoms with van der Waals surface area (Å²) in [4.78, 5) is 12.4. The van der Waals surface area contributed by atoms with Crippen molar-refractivity contribution in [3.8, 4) is 11.3 Å². The van der Waals surface area contributed by atoms with Crippen molar-refractivity contribution in [2.24, 2.45) is 0 Å². The normalized spacial score (nSPS) is 15.8. The minimum atomic E-state index is 0.446. The lowest BCUT2D eigenvalue weighted by atomic mass is 10.1. The van der Waals surface area contributed by atoms with E-state index in [1.165, 1.54) is 5.56 Å². The minimum absolute atomic E-state index is 0.446. The third-order valence-electron chi connectivity index (χ3n) is 4.70. The van der Waals surface area contributed by atoms with Crippen LogP contribution in [0, 0.1) is 13.8 Å². The Morgan fingerprint density at radius 1 is 1.17 bits per heavy atom. The van der Waals surface area contributed by atoms with Gasteiger partial charge in [-0.05, 0) is 44.4 Å². The molecule has 124 valence electrons. The SMILES string of the molecule is Cc1cc(-c2[nH]c3cc(NC4CCOCC4)ncc3c2C)ccn1. The topological polar surface area (TPSA) is 62.8 Å². The van der Waals surface area contributed by atoms with Gasteiger partial charge in [-0.2, -0.15) is 0 Å². The van der Waals surface area contributed by atoms with Gasteiger partial charge in [0.15, 0.2) is 0 Å². The van der Waals surface area contributed by atoms with Gasteiger partial charge in [0.25, 0.3) is 0 Å². The van der Waals surface area contributed by atoms with E-state index in [1.807, 2.05) is 25.4 Å². The number of rotatable bonds is 3. The average Bonchev–Trinajstić information content (AvgIpc) is 2.92. The van der Waals surface area contributed by atoms with Crippen LogP contribution in [0.1, 0.15) is 24.1 Å². The van der Waals surface area contributed by atoms with E-state index in [2.05, 4.69) is 39.3 Å². The molecule has 4 heterocycles.